The molecular weight excluding hydrogens is 211 g/mol. The lowest BCUT2D eigenvalue weighted by atomic mass is 10.1. The van der Waals surface area contributed by atoms with Crippen LogP contribution in [0.25, 0.3) is 10.6 Å². The lowest BCUT2D eigenvalue weighted by Gasteiger charge is -2.01. The summed E-state index contributed by atoms with van der Waals surface area (Å²) < 4.78 is 13.8. The highest BCUT2D eigenvalue weighted by Gasteiger charge is 2.12. The highest BCUT2D eigenvalue weighted by molar-refractivity contribution is 7.15. The Morgan fingerprint density at radius 1 is 1.33 bits per heavy atom. The van der Waals surface area contributed by atoms with Crippen LogP contribution in [0.15, 0.2) is 18.2 Å². The van der Waals surface area contributed by atoms with Crippen molar-refractivity contribution in [3.05, 3.63) is 34.5 Å². The van der Waals surface area contributed by atoms with Gasteiger partial charge in [-0.1, -0.05) is 12.1 Å². The number of hydrogen-bond acceptors (Lipinski definition) is 3. The number of aryl methyl sites for hydroxylation is 2. The monoisotopic (exact) mass is 222 g/mol. The molecule has 2 rings (SSSR count). The number of nitrogen functional groups attached to an aromatic ring is 1. The SMILES string of the molecule is Cc1cccc(-c2nc(N)c(C)s2)c1F. The first-order valence-electron chi connectivity index (χ1n) is 4.58. The Morgan fingerprint density at radius 2 is 2.07 bits per heavy atom. The van der Waals surface area contributed by atoms with Crippen molar-refractivity contribution < 1.29 is 4.39 Å². The fraction of sp³-hybridized carbons (Fsp3) is 0.182. The molecule has 0 saturated carbocycles. The van der Waals surface area contributed by atoms with Gasteiger partial charge in [0.25, 0.3) is 0 Å². The first kappa shape index (κ1) is 10.1. The van der Waals surface area contributed by atoms with Gasteiger partial charge in [0.1, 0.15) is 16.6 Å². The van der Waals surface area contributed by atoms with E-state index in [4.69, 9.17) is 5.73 Å². The van der Waals surface area contributed by atoms with Crippen molar-refractivity contribution in [1.82, 2.24) is 4.98 Å². The van der Waals surface area contributed by atoms with Crippen LogP contribution in [0.5, 0.6) is 0 Å². The summed E-state index contributed by atoms with van der Waals surface area (Å²) in [6, 6.07) is 5.28. The number of benzene rings is 1. The maximum atomic E-state index is 13.8. The van der Waals surface area contributed by atoms with Gasteiger partial charge >= 0.3 is 0 Å². The van der Waals surface area contributed by atoms with Crippen LogP contribution in [0.1, 0.15) is 10.4 Å². The summed E-state index contributed by atoms with van der Waals surface area (Å²) in [5.41, 5.74) is 6.79. The first-order valence-corrected chi connectivity index (χ1v) is 5.39. The smallest absolute Gasteiger partial charge is 0.138 e. The second-order valence-corrected chi connectivity index (χ2v) is 4.60. The molecule has 1 aromatic heterocycles. The predicted octanol–water partition coefficient (Wildman–Crippen LogP) is 3.15. The normalized spacial score (nSPS) is 10.6. The Balaban J connectivity index is 2.59. The molecule has 2 nitrogen and oxygen atoms in total. The van der Waals surface area contributed by atoms with E-state index < -0.39 is 0 Å². The van der Waals surface area contributed by atoms with E-state index in [0.29, 0.717) is 22.0 Å². The molecule has 4 heteroatoms. The maximum Gasteiger partial charge on any atom is 0.138 e. The molecule has 0 atom stereocenters. The second-order valence-electron chi connectivity index (χ2n) is 3.40. The molecule has 2 aromatic rings. The summed E-state index contributed by atoms with van der Waals surface area (Å²) in [5.74, 6) is 0.266. The zero-order valence-electron chi connectivity index (χ0n) is 8.54. The molecule has 0 radical (unpaired) electrons. The zero-order chi connectivity index (χ0) is 11.0. The third-order valence-electron chi connectivity index (χ3n) is 2.25. The predicted molar refractivity (Wildman–Crippen MR) is 61.4 cm³/mol. The molecule has 0 aliphatic carbocycles. The standard InChI is InChI=1S/C11H11FN2S/c1-6-4-3-5-8(9(6)12)11-14-10(13)7(2)15-11/h3-5H,13H2,1-2H3. The van der Waals surface area contributed by atoms with E-state index in [1.807, 2.05) is 13.0 Å². The number of aromatic nitrogens is 1. The molecule has 15 heavy (non-hydrogen) atoms. The van der Waals surface area contributed by atoms with Gasteiger partial charge in [0.05, 0.1) is 0 Å². The van der Waals surface area contributed by atoms with Crippen molar-refractivity contribution in [2.24, 2.45) is 0 Å². The molecule has 0 fully saturated rings. The van der Waals surface area contributed by atoms with Gasteiger partial charge in [0.2, 0.25) is 0 Å². The minimum atomic E-state index is -0.216. The number of hydrogen-bond donors (Lipinski definition) is 1. The van der Waals surface area contributed by atoms with E-state index in [1.165, 1.54) is 11.3 Å². The van der Waals surface area contributed by atoms with Gasteiger partial charge in [-0.3, -0.25) is 0 Å². The average Bonchev–Trinajstić information content (AvgIpc) is 2.51. The van der Waals surface area contributed by atoms with Gasteiger partial charge in [0.15, 0.2) is 0 Å². The largest absolute Gasteiger partial charge is 0.383 e. The summed E-state index contributed by atoms with van der Waals surface area (Å²) in [7, 11) is 0. The Labute approximate surface area is 91.6 Å². The van der Waals surface area contributed by atoms with Crippen LogP contribution in [-0.4, -0.2) is 4.98 Å². The molecule has 1 heterocycles. The molecule has 0 bridgehead atoms. The molecule has 0 saturated heterocycles. The van der Waals surface area contributed by atoms with Crippen LogP contribution >= 0.6 is 11.3 Å². The molecule has 78 valence electrons. The summed E-state index contributed by atoms with van der Waals surface area (Å²) in [6.45, 7) is 3.62. The van der Waals surface area contributed by atoms with Crippen LogP contribution in [0.2, 0.25) is 0 Å². The van der Waals surface area contributed by atoms with Crippen molar-refractivity contribution in [1.29, 1.82) is 0 Å². The van der Waals surface area contributed by atoms with Crippen LogP contribution in [0.3, 0.4) is 0 Å². The summed E-state index contributed by atoms with van der Waals surface area (Å²) in [5, 5.41) is 0.645. The third kappa shape index (κ3) is 1.72. The van der Waals surface area contributed by atoms with E-state index in [-0.39, 0.29) is 5.82 Å². The highest BCUT2D eigenvalue weighted by atomic mass is 32.1. The number of thiazole rings is 1. The van der Waals surface area contributed by atoms with Crippen molar-refractivity contribution in [2.45, 2.75) is 13.8 Å². The number of nitrogens with zero attached hydrogens (tertiary/aromatic N) is 1. The molecule has 0 spiro atoms. The first-order chi connectivity index (χ1) is 7.09. The molecule has 1 aromatic carbocycles. The zero-order valence-corrected chi connectivity index (χ0v) is 9.36. The van der Waals surface area contributed by atoms with Crippen molar-refractivity contribution >= 4 is 17.2 Å². The van der Waals surface area contributed by atoms with Crippen LogP contribution in [-0.2, 0) is 0 Å². The molecule has 0 unspecified atom stereocenters. The van der Waals surface area contributed by atoms with Gasteiger partial charge in [-0.05, 0) is 25.5 Å². The van der Waals surface area contributed by atoms with E-state index in [9.17, 15) is 4.39 Å². The van der Waals surface area contributed by atoms with Gasteiger partial charge in [-0.15, -0.1) is 11.3 Å². The van der Waals surface area contributed by atoms with E-state index in [2.05, 4.69) is 4.98 Å². The minimum absolute atomic E-state index is 0.216. The van der Waals surface area contributed by atoms with Gasteiger partial charge < -0.3 is 5.73 Å². The number of anilines is 1. The summed E-state index contributed by atoms with van der Waals surface area (Å²) >= 11 is 1.41. The minimum Gasteiger partial charge on any atom is -0.383 e. The fourth-order valence-electron chi connectivity index (χ4n) is 1.34. The van der Waals surface area contributed by atoms with Crippen LogP contribution in [0.4, 0.5) is 10.2 Å². The molecule has 2 N–H and O–H groups in total. The number of halogens is 1. The number of nitrogens with two attached hydrogens (primary N) is 1. The van der Waals surface area contributed by atoms with Gasteiger partial charge in [0, 0.05) is 10.4 Å². The lowest BCUT2D eigenvalue weighted by Crippen LogP contribution is -1.89. The van der Waals surface area contributed by atoms with E-state index in [0.717, 1.165) is 4.88 Å². The van der Waals surface area contributed by atoms with E-state index in [1.54, 1.807) is 19.1 Å². The average molecular weight is 222 g/mol. The maximum absolute atomic E-state index is 13.8. The Morgan fingerprint density at radius 3 is 2.67 bits per heavy atom. The quantitative estimate of drug-likeness (QED) is 0.805. The van der Waals surface area contributed by atoms with E-state index >= 15 is 0 Å². The summed E-state index contributed by atoms with van der Waals surface area (Å²) in [4.78, 5) is 5.06. The highest BCUT2D eigenvalue weighted by Crippen LogP contribution is 2.31. The lowest BCUT2D eigenvalue weighted by molar-refractivity contribution is 0.622. The Kier molecular flexibility index (Phi) is 2.44. The van der Waals surface area contributed by atoms with Crippen molar-refractivity contribution in [2.75, 3.05) is 5.73 Å². The molecule has 0 aliphatic rings. The molecular formula is C11H11FN2S. The topological polar surface area (TPSA) is 38.9 Å². The van der Waals surface area contributed by atoms with Crippen LogP contribution < -0.4 is 5.73 Å². The van der Waals surface area contributed by atoms with Gasteiger partial charge in [-0.2, -0.15) is 0 Å². The molecule has 0 aliphatic heterocycles. The number of rotatable bonds is 1. The Bertz CT molecular complexity index is 486. The van der Waals surface area contributed by atoms with Crippen molar-refractivity contribution in [3.63, 3.8) is 0 Å². The second kappa shape index (κ2) is 3.62. The Hall–Kier alpha value is -1.42. The third-order valence-corrected chi connectivity index (χ3v) is 3.27. The van der Waals surface area contributed by atoms with Crippen molar-refractivity contribution in [3.8, 4) is 10.6 Å². The fourth-order valence-corrected chi connectivity index (χ4v) is 2.19. The molecule has 0 amide bonds. The van der Waals surface area contributed by atoms with Gasteiger partial charge in [-0.25, -0.2) is 9.37 Å². The summed E-state index contributed by atoms with van der Waals surface area (Å²) in [6.07, 6.45) is 0. The van der Waals surface area contributed by atoms with Crippen LogP contribution in [0, 0.1) is 19.7 Å².